The molecule has 8 heteroatoms. The molecule has 202 valence electrons. The van der Waals surface area contributed by atoms with E-state index in [0.29, 0.717) is 5.57 Å². The van der Waals surface area contributed by atoms with E-state index in [1.165, 1.54) is 0 Å². The van der Waals surface area contributed by atoms with E-state index < -0.39 is 40.6 Å². The van der Waals surface area contributed by atoms with Gasteiger partial charge in [0.05, 0.1) is 16.7 Å². The topological polar surface area (TPSA) is 138 Å². The Morgan fingerprint density at radius 2 is 1.00 bits per heavy atom. The van der Waals surface area contributed by atoms with Gasteiger partial charge in [-0.25, -0.2) is 19.2 Å². The van der Waals surface area contributed by atoms with Crippen LogP contribution in [0.1, 0.15) is 54.7 Å². The van der Waals surface area contributed by atoms with Crippen LogP contribution in [0.5, 0.6) is 0 Å². The van der Waals surface area contributed by atoms with Gasteiger partial charge in [-0.15, -0.1) is 0 Å². The molecule has 4 aromatic carbocycles. The monoisotopic (exact) mass is 538 g/mol. The van der Waals surface area contributed by atoms with Crippen LogP contribution >= 0.6 is 0 Å². The molecular weight excluding hydrogens is 512 g/mol. The molecule has 0 saturated heterocycles. The fraction of sp³-hybridized carbons (Fsp3) is 0.0625. The Bertz CT molecular complexity index is 1430. The average Bonchev–Trinajstić information content (AvgIpc) is 2.97. The molecule has 4 rings (SSSR count). The average molecular weight is 539 g/mol. The van der Waals surface area contributed by atoms with Crippen LogP contribution in [0.25, 0.3) is 0 Å². The Morgan fingerprint density at radius 1 is 0.600 bits per heavy atom. The first-order valence-electron chi connectivity index (χ1n) is 12.0. The highest BCUT2D eigenvalue weighted by atomic mass is 16.6. The molecule has 0 aliphatic carbocycles. The van der Waals surface area contributed by atoms with Crippen molar-refractivity contribution < 1.29 is 39.2 Å². The number of carbonyl (C=O) groups is 4. The molecule has 0 spiro atoms. The molecule has 0 aliphatic rings. The summed E-state index contributed by atoms with van der Waals surface area (Å²) in [5, 5.41) is 25.9. The normalized spacial score (nSPS) is 10.4. The van der Waals surface area contributed by atoms with Crippen LogP contribution in [0, 0.1) is 0 Å². The predicted octanol–water partition coefficient (Wildman–Crippen LogP) is 5.88. The van der Waals surface area contributed by atoms with E-state index in [4.69, 9.17) is 20.1 Å². The Labute approximate surface area is 230 Å². The zero-order valence-electron chi connectivity index (χ0n) is 21.5. The van der Waals surface area contributed by atoms with Crippen LogP contribution < -0.4 is 0 Å². The smallest absolute Gasteiger partial charge is 0.336 e. The van der Waals surface area contributed by atoms with Crippen molar-refractivity contribution in [3.05, 3.63) is 155 Å². The van der Waals surface area contributed by atoms with Crippen molar-refractivity contribution >= 4 is 23.9 Å². The van der Waals surface area contributed by atoms with Crippen LogP contribution in [-0.2, 0) is 15.1 Å². The third-order valence-electron chi connectivity index (χ3n) is 5.86. The van der Waals surface area contributed by atoms with Gasteiger partial charge < -0.3 is 20.1 Å². The Kier molecular flexibility index (Phi) is 9.33. The summed E-state index contributed by atoms with van der Waals surface area (Å²) in [7, 11) is 0. The Hall–Kier alpha value is -5.50. The van der Waals surface area contributed by atoms with E-state index in [-0.39, 0.29) is 5.56 Å². The first kappa shape index (κ1) is 29.1. The van der Waals surface area contributed by atoms with Gasteiger partial charge in [-0.1, -0.05) is 97.6 Å². The molecule has 0 unspecified atom stereocenters. The molecule has 0 radical (unpaired) electrons. The molecule has 8 nitrogen and oxygen atoms in total. The largest absolute Gasteiger partial charge is 0.478 e. The van der Waals surface area contributed by atoms with Gasteiger partial charge in [-0.2, -0.15) is 0 Å². The first-order valence-corrected chi connectivity index (χ1v) is 12.0. The van der Waals surface area contributed by atoms with Crippen LogP contribution in [0.15, 0.2) is 121 Å². The number of rotatable bonds is 8. The lowest BCUT2D eigenvalue weighted by atomic mass is 9.80. The van der Waals surface area contributed by atoms with Gasteiger partial charge in [0.15, 0.2) is 5.60 Å². The summed E-state index contributed by atoms with van der Waals surface area (Å²) < 4.78 is 6.12. The fourth-order valence-corrected chi connectivity index (χ4v) is 3.96. The number of carbonyl (C=O) groups excluding carboxylic acids is 1. The second kappa shape index (κ2) is 12.8. The summed E-state index contributed by atoms with van der Waals surface area (Å²) in [5.41, 5.74) is 0.769. The summed E-state index contributed by atoms with van der Waals surface area (Å²) in [4.78, 5) is 44.3. The lowest BCUT2D eigenvalue weighted by molar-refractivity contribution is -0.148. The van der Waals surface area contributed by atoms with Gasteiger partial charge in [-0.05, 0) is 25.1 Å². The summed E-state index contributed by atoms with van der Waals surface area (Å²) in [5.74, 6) is -4.62. The summed E-state index contributed by atoms with van der Waals surface area (Å²) in [6.45, 7) is 5.41. The van der Waals surface area contributed by atoms with Gasteiger partial charge in [0.1, 0.15) is 0 Å². The second-order valence-electron chi connectivity index (χ2n) is 8.62. The number of carboxylic acid groups (broad SMARTS) is 3. The van der Waals surface area contributed by atoms with Gasteiger partial charge >= 0.3 is 23.9 Å². The highest BCUT2D eigenvalue weighted by Gasteiger charge is 2.40. The molecule has 3 N–H and O–H groups in total. The standard InChI is InChI=1S/C23H20O2.C9H6O6/c1-18(2)22(24)25-23(19-12-6-3-7-13-19,20-14-8-4-9-15-20)21-16-10-5-11-17-21;10-7(11)4-1-2-5(8(12)13)6(3-4)9(14)15/h3-17H,1H2,2H3;1-3H,(H,10,11)(H,12,13)(H,14,15). The number of benzene rings is 4. The molecule has 0 atom stereocenters. The van der Waals surface area contributed by atoms with E-state index in [1.54, 1.807) is 6.92 Å². The number of carboxylic acids is 3. The zero-order valence-corrected chi connectivity index (χ0v) is 21.5. The minimum atomic E-state index is -1.48. The minimum Gasteiger partial charge on any atom is -0.478 e. The van der Waals surface area contributed by atoms with E-state index in [9.17, 15) is 19.2 Å². The number of aromatic carboxylic acids is 3. The van der Waals surface area contributed by atoms with Crippen LogP contribution in [0.2, 0.25) is 0 Å². The van der Waals surface area contributed by atoms with E-state index in [1.807, 2.05) is 91.0 Å². The summed E-state index contributed by atoms with van der Waals surface area (Å²) in [6.07, 6.45) is 0. The SMILES string of the molecule is C=C(C)C(=O)OC(c1ccccc1)(c1ccccc1)c1ccccc1.O=C(O)c1ccc(C(=O)O)c(C(=O)O)c1. The fourth-order valence-electron chi connectivity index (χ4n) is 3.96. The van der Waals surface area contributed by atoms with Crippen molar-refractivity contribution in [2.24, 2.45) is 0 Å². The maximum Gasteiger partial charge on any atom is 0.336 e. The molecule has 0 aromatic heterocycles. The highest BCUT2D eigenvalue weighted by Crippen LogP contribution is 2.40. The van der Waals surface area contributed by atoms with Crippen molar-refractivity contribution in [1.82, 2.24) is 0 Å². The molecule has 0 saturated carbocycles. The molecule has 4 aromatic rings. The van der Waals surface area contributed by atoms with Crippen molar-refractivity contribution in [3.63, 3.8) is 0 Å². The molecule has 0 fully saturated rings. The van der Waals surface area contributed by atoms with Crippen LogP contribution in [0.3, 0.4) is 0 Å². The lowest BCUT2D eigenvalue weighted by Gasteiger charge is -2.35. The summed E-state index contributed by atoms with van der Waals surface area (Å²) >= 11 is 0. The molecule has 0 amide bonds. The maximum atomic E-state index is 12.6. The highest BCUT2D eigenvalue weighted by molar-refractivity contribution is 6.03. The van der Waals surface area contributed by atoms with Crippen molar-refractivity contribution in [1.29, 1.82) is 0 Å². The van der Waals surface area contributed by atoms with Gasteiger partial charge in [-0.3, -0.25) is 0 Å². The van der Waals surface area contributed by atoms with Gasteiger partial charge in [0.2, 0.25) is 0 Å². The quantitative estimate of drug-likeness (QED) is 0.144. The van der Waals surface area contributed by atoms with Gasteiger partial charge in [0, 0.05) is 22.3 Å². The molecule has 0 aliphatic heterocycles. The number of ether oxygens (including phenoxy) is 1. The van der Waals surface area contributed by atoms with Crippen molar-refractivity contribution in [2.45, 2.75) is 12.5 Å². The lowest BCUT2D eigenvalue weighted by Crippen LogP contribution is -2.35. The Balaban J connectivity index is 0.000000252. The van der Waals surface area contributed by atoms with E-state index in [2.05, 4.69) is 6.58 Å². The third kappa shape index (κ3) is 6.49. The van der Waals surface area contributed by atoms with Gasteiger partial charge in [0.25, 0.3) is 0 Å². The van der Waals surface area contributed by atoms with Crippen molar-refractivity contribution in [2.75, 3.05) is 0 Å². The predicted molar refractivity (Wildman–Crippen MR) is 147 cm³/mol. The third-order valence-corrected chi connectivity index (χ3v) is 5.86. The van der Waals surface area contributed by atoms with E-state index in [0.717, 1.165) is 34.9 Å². The van der Waals surface area contributed by atoms with Crippen molar-refractivity contribution in [3.8, 4) is 0 Å². The number of hydrogen-bond acceptors (Lipinski definition) is 5. The van der Waals surface area contributed by atoms with E-state index >= 15 is 0 Å². The maximum absolute atomic E-state index is 12.6. The molecular formula is C32H26O8. The molecule has 0 bridgehead atoms. The second-order valence-corrected chi connectivity index (χ2v) is 8.62. The van der Waals surface area contributed by atoms with Crippen LogP contribution in [0.4, 0.5) is 0 Å². The molecule has 0 heterocycles. The number of hydrogen-bond donors (Lipinski definition) is 3. The minimum absolute atomic E-state index is 0.266. The van der Waals surface area contributed by atoms with Crippen LogP contribution in [-0.4, -0.2) is 39.2 Å². The number of esters is 1. The molecule has 40 heavy (non-hydrogen) atoms. The zero-order chi connectivity index (χ0) is 29.3. The summed E-state index contributed by atoms with van der Waals surface area (Å²) in [6, 6.07) is 32.2. The first-order chi connectivity index (χ1) is 19.1. The Morgan fingerprint density at radius 3 is 1.32 bits per heavy atom.